The predicted molar refractivity (Wildman–Crippen MR) is 133 cm³/mol. The van der Waals surface area contributed by atoms with Gasteiger partial charge >= 0.3 is 0 Å². The second-order valence-corrected chi connectivity index (χ2v) is 10.8. The molecule has 8 nitrogen and oxygen atoms in total. The summed E-state index contributed by atoms with van der Waals surface area (Å²) in [4.78, 5) is 11.4. The summed E-state index contributed by atoms with van der Waals surface area (Å²) in [5.41, 5.74) is 1.62. The van der Waals surface area contributed by atoms with Gasteiger partial charge in [-0.05, 0) is 86.8 Å². The largest absolute Gasteiger partial charge is 0.350 e. The number of nitrogens with one attached hydrogen (secondary N) is 3. The standard InChI is InChI=1S/C25H29FN6O2S/c26-19-3-5-20(6-4-19)29-24-11-14-27-25(30-24)28-17-18-1-9-23(10-2-18)35(33,34)31-21-12-15-32(16-13-21)22-7-8-22/h1-6,9-11,14,21-22,31H,7-8,12-13,15-17H2,(H2,27,28,29,30). The molecule has 1 aliphatic heterocycles. The highest BCUT2D eigenvalue weighted by atomic mass is 32.2. The zero-order chi connectivity index (χ0) is 24.3. The van der Waals surface area contributed by atoms with Crippen LogP contribution in [0, 0.1) is 5.82 Å². The van der Waals surface area contributed by atoms with Crippen molar-refractivity contribution in [2.75, 3.05) is 23.7 Å². The first-order valence-electron chi connectivity index (χ1n) is 11.9. The average molecular weight is 497 g/mol. The van der Waals surface area contributed by atoms with Crippen LogP contribution >= 0.6 is 0 Å². The molecule has 2 aliphatic rings. The lowest BCUT2D eigenvalue weighted by Crippen LogP contribution is -2.45. The molecule has 184 valence electrons. The number of anilines is 3. The number of benzene rings is 2. The van der Waals surface area contributed by atoms with Gasteiger partial charge in [0.25, 0.3) is 0 Å². The van der Waals surface area contributed by atoms with Crippen molar-refractivity contribution in [3.63, 3.8) is 0 Å². The maximum atomic E-state index is 13.1. The highest BCUT2D eigenvalue weighted by Gasteiger charge is 2.33. The number of piperidine rings is 1. The highest BCUT2D eigenvalue weighted by Crippen LogP contribution is 2.29. The van der Waals surface area contributed by atoms with Crippen molar-refractivity contribution in [1.29, 1.82) is 0 Å². The van der Waals surface area contributed by atoms with Gasteiger partial charge in [-0.3, -0.25) is 0 Å². The summed E-state index contributed by atoms with van der Waals surface area (Å²) in [5.74, 6) is 0.696. The van der Waals surface area contributed by atoms with E-state index in [1.54, 1.807) is 48.7 Å². The SMILES string of the molecule is O=S(=O)(NC1CCN(C2CC2)CC1)c1ccc(CNc2nccc(Nc3ccc(F)cc3)n2)cc1. The molecular formula is C25H29FN6O2S. The summed E-state index contributed by atoms with van der Waals surface area (Å²) >= 11 is 0. The van der Waals surface area contributed by atoms with Gasteiger partial charge in [-0.25, -0.2) is 22.5 Å². The predicted octanol–water partition coefficient (Wildman–Crippen LogP) is 3.88. The van der Waals surface area contributed by atoms with Crippen molar-refractivity contribution in [3.05, 3.63) is 72.2 Å². The van der Waals surface area contributed by atoms with Crippen molar-refractivity contribution < 1.29 is 12.8 Å². The van der Waals surface area contributed by atoms with Crippen molar-refractivity contribution in [2.45, 2.75) is 49.2 Å². The lowest BCUT2D eigenvalue weighted by molar-refractivity contribution is 0.199. The van der Waals surface area contributed by atoms with Crippen molar-refractivity contribution in [1.82, 2.24) is 19.6 Å². The van der Waals surface area contributed by atoms with Crippen molar-refractivity contribution in [2.24, 2.45) is 0 Å². The fourth-order valence-corrected chi connectivity index (χ4v) is 5.58. The topological polar surface area (TPSA) is 99.3 Å². The summed E-state index contributed by atoms with van der Waals surface area (Å²) < 4.78 is 41.6. The van der Waals surface area contributed by atoms with Crippen molar-refractivity contribution in [3.8, 4) is 0 Å². The fraction of sp³-hybridized carbons (Fsp3) is 0.360. The van der Waals surface area contributed by atoms with Gasteiger partial charge in [-0.15, -0.1) is 0 Å². The van der Waals surface area contributed by atoms with Gasteiger partial charge in [0.15, 0.2) is 0 Å². The number of hydrogen-bond donors (Lipinski definition) is 3. The second kappa shape index (κ2) is 10.3. The lowest BCUT2D eigenvalue weighted by Gasteiger charge is -2.32. The number of rotatable bonds is 9. The third-order valence-electron chi connectivity index (χ3n) is 6.37. The van der Waals surface area contributed by atoms with Gasteiger partial charge in [0.1, 0.15) is 11.6 Å². The van der Waals surface area contributed by atoms with E-state index in [-0.39, 0.29) is 16.8 Å². The summed E-state index contributed by atoms with van der Waals surface area (Å²) in [5, 5.41) is 6.25. The Hall–Kier alpha value is -3.08. The average Bonchev–Trinajstić information content (AvgIpc) is 3.71. The fourth-order valence-electron chi connectivity index (χ4n) is 4.27. The maximum absolute atomic E-state index is 13.1. The molecule has 1 aromatic heterocycles. The number of nitrogens with zero attached hydrogens (tertiary/aromatic N) is 3. The molecule has 3 N–H and O–H groups in total. The van der Waals surface area contributed by atoms with Crippen LogP contribution in [0.1, 0.15) is 31.2 Å². The molecule has 3 aromatic rings. The van der Waals surface area contributed by atoms with Gasteiger partial charge in [0, 0.05) is 30.5 Å². The Kier molecular flexibility index (Phi) is 6.94. The van der Waals surface area contributed by atoms with E-state index in [0.29, 0.717) is 18.3 Å². The molecule has 0 amide bonds. The number of sulfonamides is 1. The van der Waals surface area contributed by atoms with E-state index in [1.807, 2.05) is 0 Å². The molecule has 1 saturated heterocycles. The molecule has 1 saturated carbocycles. The van der Waals surface area contributed by atoms with Crippen LogP contribution in [0.2, 0.25) is 0 Å². The molecule has 35 heavy (non-hydrogen) atoms. The molecule has 10 heteroatoms. The molecular weight excluding hydrogens is 467 g/mol. The third-order valence-corrected chi connectivity index (χ3v) is 7.91. The quantitative estimate of drug-likeness (QED) is 0.414. The van der Waals surface area contributed by atoms with E-state index in [1.165, 1.54) is 25.0 Å². The first-order valence-corrected chi connectivity index (χ1v) is 13.4. The molecule has 1 aliphatic carbocycles. The normalized spacial score (nSPS) is 17.3. The maximum Gasteiger partial charge on any atom is 0.240 e. The zero-order valence-electron chi connectivity index (χ0n) is 19.3. The molecule has 2 heterocycles. The van der Waals surface area contributed by atoms with Crippen LogP contribution in [0.25, 0.3) is 0 Å². The molecule has 5 rings (SSSR count). The van der Waals surface area contributed by atoms with Crippen LogP contribution in [-0.4, -0.2) is 48.5 Å². The van der Waals surface area contributed by atoms with Gasteiger partial charge in [0.05, 0.1) is 4.90 Å². The van der Waals surface area contributed by atoms with Gasteiger partial charge in [-0.2, -0.15) is 4.98 Å². The van der Waals surface area contributed by atoms with Crippen LogP contribution in [0.3, 0.4) is 0 Å². The Bertz CT molecular complexity index is 1240. The minimum absolute atomic E-state index is 0.00992. The monoisotopic (exact) mass is 496 g/mol. The van der Waals surface area contributed by atoms with E-state index in [2.05, 4.69) is 30.2 Å². The Morgan fingerprint density at radius 3 is 2.34 bits per heavy atom. The summed E-state index contributed by atoms with van der Waals surface area (Å²) in [7, 11) is -3.55. The molecule has 2 aromatic carbocycles. The minimum atomic E-state index is -3.55. The van der Waals surface area contributed by atoms with E-state index in [4.69, 9.17) is 0 Å². The number of aromatic nitrogens is 2. The second-order valence-electron chi connectivity index (χ2n) is 9.06. The van der Waals surface area contributed by atoms with Crippen LogP contribution in [0.15, 0.2) is 65.7 Å². The van der Waals surface area contributed by atoms with E-state index in [9.17, 15) is 12.8 Å². The zero-order valence-corrected chi connectivity index (χ0v) is 20.1. The summed E-state index contributed by atoms with van der Waals surface area (Å²) in [6.45, 7) is 2.36. The van der Waals surface area contributed by atoms with Gasteiger partial charge < -0.3 is 15.5 Å². The van der Waals surface area contributed by atoms with Crippen molar-refractivity contribution >= 4 is 27.5 Å². The number of likely N-dealkylation sites (tertiary alicyclic amines) is 1. The Balaban J connectivity index is 1.14. The Labute approximate surface area is 205 Å². The molecule has 0 radical (unpaired) electrons. The number of hydrogen-bond acceptors (Lipinski definition) is 7. The molecule has 0 atom stereocenters. The smallest absolute Gasteiger partial charge is 0.240 e. The minimum Gasteiger partial charge on any atom is -0.350 e. The summed E-state index contributed by atoms with van der Waals surface area (Å²) in [6, 6.07) is 15.3. The molecule has 0 unspecified atom stereocenters. The highest BCUT2D eigenvalue weighted by molar-refractivity contribution is 7.89. The van der Waals surface area contributed by atoms with Crippen LogP contribution < -0.4 is 15.4 Å². The lowest BCUT2D eigenvalue weighted by atomic mass is 10.1. The van der Waals surface area contributed by atoms with Gasteiger partial charge in [0.2, 0.25) is 16.0 Å². The molecule has 2 fully saturated rings. The third kappa shape index (κ3) is 6.33. The van der Waals surface area contributed by atoms with E-state index < -0.39 is 10.0 Å². The van der Waals surface area contributed by atoms with Crippen LogP contribution in [0.5, 0.6) is 0 Å². The Morgan fingerprint density at radius 2 is 1.66 bits per heavy atom. The Morgan fingerprint density at radius 1 is 0.943 bits per heavy atom. The molecule has 0 bridgehead atoms. The molecule has 0 spiro atoms. The van der Waals surface area contributed by atoms with Crippen LogP contribution in [-0.2, 0) is 16.6 Å². The van der Waals surface area contributed by atoms with E-state index in [0.717, 1.165) is 43.2 Å². The van der Waals surface area contributed by atoms with E-state index >= 15 is 0 Å². The first-order chi connectivity index (χ1) is 16.9. The first kappa shape index (κ1) is 23.7. The van der Waals surface area contributed by atoms with Gasteiger partial charge in [-0.1, -0.05) is 12.1 Å². The number of halogens is 1. The summed E-state index contributed by atoms with van der Waals surface area (Å²) in [6.07, 6.45) is 5.89. The van der Waals surface area contributed by atoms with Crippen LogP contribution in [0.4, 0.5) is 21.8 Å².